The maximum atomic E-state index is 13.8. The molecule has 1 aromatic carbocycles. The van der Waals surface area contributed by atoms with Crippen LogP contribution in [0.3, 0.4) is 0 Å². The number of amides is 1. The quantitative estimate of drug-likeness (QED) is 0.591. The summed E-state index contributed by atoms with van der Waals surface area (Å²) in [6.07, 6.45) is 0.984. The molecule has 0 heterocycles. The number of benzene rings is 1. The molecule has 4 nitrogen and oxygen atoms in total. The van der Waals surface area contributed by atoms with Crippen LogP contribution < -0.4 is 5.32 Å². The van der Waals surface area contributed by atoms with E-state index >= 15 is 0 Å². The minimum Gasteiger partial charge on any atom is -0.465 e. The Morgan fingerprint density at radius 1 is 1.41 bits per heavy atom. The Morgan fingerprint density at radius 3 is 2.68 bits per heavy atom. The van der Waals surface area contributed by atoms with E-state index < -0.39 is 11.1 Å². The molecule has 0 aliphatic rings. The fourth-order valence-corrected chi connectivity index (χ4v) is 2.70. The van der Waals surface area contributed by atoms with E-state index in [4.69, 9.17) is 16.3 Å². The van der Waals surface area contributed by atoms with Crippen LogP contribution in [0.4, 0.5) is 10.1 Å². The average Bonchev–Trinajstić information content (AvgIpc) is 2.49. The summed E-state index contributed by atoms with van der Waals surface area (Å²) < 4.78 is 18.8. The highest BCUT2D eigenvalue weighted by Crippen LogP contribution is 2.34. The largest absolute Gasteiger partial charge is 0.465 e. The van der Waals surface area contributed by atoms with E-state index in [0.29, 0.717) is 11.5 Å². The van der Waals surface area contributed by atoms with E-state index in [9.17, 15) is 14.0 Å². The van der Waals surface area contributed by atoms with Gasteiger partial charge in [-0.05, 0) is 25.5 Å². The fraction of sp³-hybridized carbons (Fsp3) is 0.467. The van der Waals surface area contributed by atoms with Crippen LogP contribution in [0.5, 0.6) is 0 Å². The summed E-state index contributed by atoms with van der Waals surface area (Å²) in [5.74, 6) is -1.27. The maximum absolute atomic E-state index is 13.8. The summed E-state index contributed by atoms with van der Waals surface area (Å²) in [6.45, 7) is 5.63. The zero-order chi connectivity index (χ0) is 16.7. The Bertz CT molecular complexity index is 554. The third-order valence-corrected chi connectivity index (χ3v) is 4.26. The number of thioether (sulfide) groups is 1. The molecule has 1 amide bonds. The van der Waals surface area contributed by atoms with Crippen LogP contribution in [0, 0.1) is 5.82 Å². The Labute approximate surface area is 138 Å². The van der Waals surface area contributed by atoms with Crippen molar-refractivity contribution < 1.29 is 18.7 Å². The Kier molecular flexibility index (Phi) is 7.68. The summed E-state index contributed by atoms with van der Waals surface area (Å²) in [4.78, 5) is 23.7. The predicted molar refractivity (Wildman–Crippen MR) is 86.9 cm³/mol. The van der Waals surface area contributed by atoms with Crippen LogP contribution in [0.25, 0.3) is 0 Å². The molecule has 1 atom stereocenters. The zero-order valence-corrected chi connectivity index (χ0v) is 14.3. The number of hydrogen-bond acceptors (Lipinski definition) is 4. The molecule has 0 aromatic heterocycles. The van der Waals surface area contributed by atoms with Gasteiger partial charge in [-0.2, -0.15) is 0 Å². The second-order valence-corrected chi connectivity index (χ2v) is 6.38. The van der Waals surface area contributed by atoms with E-state index in [2.05, 4.69) is 5.32 Å². The SMILES string of the molecule is CCCOC(=O)C(C)Sc1cc(NC(=O)CC)c(F)cc1Cl. The van der Waals surface area contributed by atoms with Crippen molar-refractivity contribution in [1.82, 2.24) is 0 Å². The van der Waals surface area contributed by atoms with E-state index in [0.717, 1.165) is 24.2 Å². The highest BCUT2D eigenvalue weighted by molar-refractivity contribution is 8.00. The second kappa shape index (κ2) is 9.00. The maximum Gasteiger partial charge on any atom is 0.319 e. The van der Waals surface area contributed by atoms with Gasteiger partial charge in [0, 0.05) is 11.3 Å². The first-order chi connectivity index (χ1) is 10.4. The molecule has 7 heteroatoms. The molecule has 122 valence electrons. The van der Waals surface area contributed by atoms with Gasteiger partial charge in [0.05, 0.1) is 17.3 Å². The first-order valence-corrected chi connectivity index (χ1v) is 8.26. The number of esters is 1. The van der Waals surface area contributed by atoms with Gasteiger partial charge in [0.25, 0.3) is 0 Å². The topological polar surface area (TPSA) is 55.4 Å². The van der Waals surface area contributed by atoms with Crippen LogP contribution in [-0.4, -0.2) is 23.7 Å². The number of rotatable bonds is 7. The Morgan fingerprint density at radius 2 is 2.09 bits per heavy atom. The average molecular weight is 348 g/mol. The number of carbonyl (C=O) groups excluding carboxylic acids is 2. The highest BCUT2D eigenvalue weighted by atomic mass is 35.5. The van der Waals surface area contributed by atoms with Crippen LogP contribution in [0.1, 0.15) is 33.6 Å². The Balaban J connectivity index is 2.87. The number of hydrogen-bond donors (Lipinski definition) is 1. The lowest BCUT2D eigenvalue weighted by Crippen LogP contribution is -2.17. The zero-order valence-electron chi connectivity index (χ0n) is 12.7. The molecule has 1 N–H and O–H groups in total. The summed E-state index contributed by atoms with van der Waals surface area (Å²) in [5.41, 5.74) is 0.0490. The Hall–Kier alpha value is -1.27. The summed E-state index contributed by atoms with van der Waals surface area (Å²) in [7, 11) is 0. The number of carbonyl (C=O) groups is 2. The molecule has 0 saturated carbocycles. The molecule has 1 rings (SSSR count). The van der Waals surface area contributed by atoms with Crippen molar-refractivity contribution in [3.8, 4) is 0 Å². The molecule has 1 unspecified atom stereocenters. The molecule has 0 bridgehead atoms. The number of ether oxygens (including phenoxy) is 1. The third kappa shape index (κ3) is 5.50. The standard InChI is InChI=1S/C15H19ClFNO3S/c1-4-6-21-15(20)9(3)22-13-8-12(18-14(19)5-2)11(17)7-10(13)16/h7-9H,4-6H2,1-3H3,(H,18,19). The lowest BCUT2D eigenvalue weighted by atomic mass is 10.3. The minimum absolute atomic E-state index is 0.0490. The molecule has 0 aliphatic carbocycles. The molecule has 22 heavy (non-hydrogen) atoms. The first-order valence-electron chi connectivity index (χ1n) is 7.01. The van der Waals surface area contributed by atoms with Crippen molar-refractivity contribution in [1.29, 1.82) is 0 Å². The van der Waals surface area contributed by atoms with Gasteiger partial charge in [-0.3, -0.25) is 9.59 Å². The minimum atomic E-state index is -0.614. The second-order valence-electron chi connectivity index (χ2n) is 4.59. The molecule has 0 fully saturated rings. The molecule has 0 aliphatic heterocycles. The monoisotopic (exact) mass is 347 g/mol. The van der Waals surface area contributed by atoms with Gasteiger partial charge in [0.1, 0.15) is 11.1 Å². The van der Waals surface area contributed by atoms with Crippen LogP contribution in [0.2, 0.25) is 5.02 Å². The molecule has 0 spiro atoms. The summed E-state index contributed by atoms with van der Waals surface area (Å²) >= 11 is 7.16. The number of anilines is 1. The van der Waals surface area contributed by atoms with Crippen molar-refractivity contribution in [3.63, 3.8) is 0 Å². The predicted octanol–water partition coefficient (Wildman–Crippen LogP) is 4.26. The van der Waals surface area contributed by atoms with E-state index in [1.54, 1.807) is 13.8 Å². The van der Waals surface area contributed by atoms with Gasteiger partial charge in [-0.1, -0.05) is 25.4 Å². The summed E-state index contributed by atoms with van der Waals surface area (Å²) in [6, 6.07) is 2.55. The lowest BCUT2D eigenvalue weighted by molar-refractivity contribution is -0.142. The van der Waals surface area contributed by atoms with Gasteiger partial charge < -0.3 is 10.1 Å². The van der Waals surface area contributed by atoms with Gasteiger partial charge in [0.2, 0.25) is 5.91 Å². The molecule has 1 aromatic rings. The van der Waals surface area contributed by atoms with Gasteiger partial charge >= 0.3 is 5.97 Å². The van der Waals surface area contributed by atoms with Crippen molar-refractivity contribution in [2.75, 3.05) is 11.9 Å². The number of nitrogens with one attached hydrogen (secondary N) is 1. The lowest BCUT2D eigenvalue weighted by Gasteiger charge is -2.14. The van der Waals surface area contributed by atoms with E-state index in [1.807, 2.05) is 6.92 Å². The normalized spacial score (nSPS) is 11.9. The van der Waals surface area contributed by atoms with Gasteiger partial charge in [-0.25, -0.2) is 4.39 Å². The number of halogens is 2. The smallest absolute Gasteiger partial charge is 0.319 e. The summed E-state index contributed by atoms with van der Waals surface area (Å²) in [5, 5.41) is 2.17. The molecular weight excluding hydrogens is 329 g/mol. The van der Waals surface area contributed by atoms with Crippen LogP contribution in [0.15, 0.2) is 17.0 Å². The van der Waals surface area contributed by atoms with Crippen molar-refractivity contribution in [2.45, 2.75) is 43.8 Å². The van der Waals surface area contributed by atoms with Gasteiger partial charge in [0.15, 0.2) is 0 Å². The fourth-order valence-electron chi connectivity index (χ4n) is 1.51. The third-order valence-electron chi connectivity index (χ3n) is 2.70. The van der Waals surface area contributed by atoms with Crippen LogP contribution in [-0.2, 0) is 14.3 Å². The van der Waals surface area contributed by atoms with E-state index in [1.165, 1.54) is 6.07 Å². The van der Waals surface area contributed by atoms with Gasteiger partial charge in [-0.15, -0.1) is 11.8 Å². The molecule has 0 saturated heterocycles. The molecular formula is C15H19ClFNO3S. The molecule has 0 radical (unpaired) electrons. The van der Waals surface area contributed by atoms with Crippen molar-refractivity contribution >= 4 is 40.9 Å². The van der Waals surface area contributed by atoms with E-state index in [-0.39, 0.29) is 29.0 Å². The van der Waals surface area contributed by atoms with Crippen molar-refractivity contribution in [3.05, 3.63) is 23.0 Å². The van der Waals surface area contributed by atoms with Crippen molar-refractivity contribution in [2.24, 2.45) is 0 Å². The first kappa shape index (κ1) is 18.8. The highest BCUT2D eigenvalue weighted by Gasteiger charge is 2.19. The van der Waals surface area contributed by atoms with Crippen LogP contribution >= 0.6 is 23.4 Å².